The lowest BCUT2D eigenvalue weighted by Crippen LogP contribution is -2.50. The molecular weight excluding hydrogens is 377 g/mol. The lowest BCUT2D eigenvalue weighted by atomic mass is 10.0. The highest BCUT2D eigenvalue weighted by Gasteiger charge is 2.30. The molecule has 1 unspecified atom stereocenters. The van der Waals surface area contributed by atoms with E-state index in [9.17, 15) is 22.8 Å². The van der Waals surface area contributed by atoms with E-state index in [1.165, 1.54) is 24.5 Å². The van der Waals surface area contributed by atoms with Crippen LogP contribution in [-0.4, -0.2) is 31.0 Å². The van der Waals surface area contributed by atoms with Crippen LogP contribution < -0.4 is 15.4 Å². The molecule has 1 aromatic heterocycles. The van der Waals surface area contributed by atoms with Crippen LogP contribution in [0, 0.1) is 5.92 Å². The Morgan fingerprint density at radius 3 is 2.54 bits per heavy atom. The monoisotopic (exact) mass is 398 g/mol. The largest absolute Gasteiger partial charge is 0.492 e. The van der Waals surface area contributed by atoms with Gasteiger partial charge in [-0.2, -0.15) is 13.2 Å². The van der Waals surface area contributed by atoms with Crippen molar-refractivity contribution in [2.75, 3.05) is 13.2 Å². The molecule has 0 saturated heterocycles. The molecule has 0 saturated carbocycles. The van der Waals surface area contributed by atoms with Gasteiger partial charge in [0, 0.05) is 0 Å². The van der Waals surface area contributed by atoms with Crippen LogP contribution in [0.4, 0.5) is 13.2 Å². The molecule has 0 aliphatic carbocycles. The third-order valence-electron chi connectivity index (χ3n) is 3.81. The van der Waals surface area contributed by atoms with Gasteiger partial charge in [-0.15, -0.1) is 0 Å². The summed E-state index contributed by atoms with van der Waals surface area (Å²) in [5.41, 5.74) is -0.811. The van der Waals surface area contributed by atoms with Gasteiger partial charge in [-0.3, -0.25) is 9.59 Å². The summed E-state index contributed by atoms with van der Waals surface area (Å²) >= 11 is 0. The maximum atomic E-state index is 12.7. The van der Waals surface area contributed by atoms with E-state index in [1.54, 1.807) is 19.9 Å². The number of amides is 2. The normalized spacial score (nSPS) is 12.5. The zero-order valence-corrected chi connectivity index (χ0v) is 15.4. The summed E-state index contributed by atoms with van der Waals surface area (Å²) in [5, 5.41) is 5.19. The lowest BCUT2D eigenvalue weighted by Gasteiger charge is -2.21. The molecule has 0 aliphatic heterocycles. The molecular formula is C19H21F3N2O4. The van der Waals surface area contributed by atoms with E-state index in [0.29, 0.717) is 0 Å². The first-order valence-electron chi connectivity index (χ1n) is 8.60. The molecule has 1 aromatic carbocycles. The minimum atomic E-state index is -4.45. The van der Waals surface area contributed by atoms with Gasteiger partial charge in [0.15, 0.2) is 5.76 Å². The Hall–Kier alpha value is -2.97. The molecule has 0 bridgehead atoms. The summed E-state index contributed by atoms with van der Waals surface area (Å²) in [6, 6.07) is 6.73. The molecule has 6 nitrogen and oxygen atoms in total. The van der Waals surface area contributed by atoms with Crippen molar-refractivity contribution < 1.29 is 31.9 Å². The van der Waals surface area contributed by atoms with Gasteiger partial charge in [-0.1, -0.05) is 19.9 Å². The average molecular weight is 398 g/mol. The first-order valence-corrected chi connectivity index (χ1v) is 8.60. The number of hydrogen-bond acceptors (Lipinski definition) is 4. The number of ether oxygens (including phenoxy) is 1. The Morgan fingerprint density at radius 1 is 1.18 bits per heavy atom. The molecule has 2 aromatic rings. The minimum Gasteiger partial charge on any atom is -0.492 e. The van der Waals surface area contributed by atoms with E-state index in [0.717, 1.165) is 12.1 Å². The summed E-state index contributed by atoms with van der Waals surface area (Å²) in [6.45, 7) is 3.58. The second-order valence-corrected chi connectivity index (χ2v) is 6.34. The van der Waals surface area contributed by atoms with Gasteiger partial charge in [0.25, 0.3) is 5.91 Å². The van der Waals surface area contributed by atoms with Gasteiger partial charge in [0.2, 0.25) is 5.91 Å². The zero-order chi connectivity index (χ0) is 20.7. The number of carbonyl (C=O) groups is 2. The molecule has 0 fully saturated rings. The van der Waals surface area contributed by atoms with Gasteiger partial charge in [-0.05, 0) is 36.2 Å². The quantitative estimate of drug-likeness (QED) is 0.669. The Bertz CT molecular complexity index is 789. The predicted molar refractivity (Wildman–Crippen MR) is 94.7 cm³/mol. The fourth-order valence-corrected chi connectivity index (χ4v) is 2.37. The highest BCUT2D eigenvalue weighted by Crippen LogP contribution is 2.31. The predicted octanol–water partition coefficient (Wildman–Crippen LogP) is 3.25. The van der Waals surface area contributed by atoms with Crippen LogP contribution >= 0.6 is 0 Å². The summed E-state index contributed by atoms with van der Waals surface area (Å²) in [6.07, 6.45) is -3.10. The van der Waals surface area contributed by atoms with E-state index >= 15 is 0 Å². The van der Waals surface area contributed by atoms with Crippen molar-refractivity contribution in [3.05, 3.63) is 54.0 Å². The Kier molecular flexibility index (Phi) is 7.08. The topological polar surface area (TPSA) is 80.6 Å². The average Bonchev–Trinajstić information content (AvgIpc) is 3.17. The van der Waals surface area contributed by atoms with Crippen molar-refractivity contribution in [1.82, 2.24) is 10.6 Å². The highest BCUT2D eigenvalue weighted by atomic mass is 19.4. The Balaban J connectivity index is 1.84. The van der Waals surface area contributed by atoms with Crippen LogP contribution in [0.5, 0.6) is 5.75 Å². The molecule has 1 atom stereocenters. The van der Waals surface area contributed by atoms with Gasteiger partial charge < -0.3 is 19.8 Å². The van der Waals surface area contributed by atoms with Gasteiger partial charge >= 0.3 is 6.18 Å². The van der Waals surface area contributed by atoms with E-state index in [2.05, 4.69) is 10.6 Å². The van der Waals surface area contributed by atoms with Crippen molar-refractivity contribution in [2.45, 2.75) is 26.1 Å². The number of halogens is 3. The molecule has 2 rings (SSSR count). The number of nitrogens with one attached hydrogen (secondary N) is 2. The SMILES string of the molecule is CC(C)C(NC(=O)c1ccco1)C(=O)NCCOc1cccc(C(F)(F)F)c1. The molecule has 2 amide bonds. The number of rotatable bonds is 8. The second-order valence-electron chi connectivity index (χ2n) is 6.34. The molecule has 28 heavy (non-hydrogen) atoms. The fourth-order valence-electron chi connectivity index (χ4n) is 2.37. The molecule has 9 heteroatoms. The molecule has 0 aliphatic rings. The molecule has 152 valence electrons. The third kappa shape index (κ3) is 6.04. The molecule has 0 radical (unpaired) electrons. The molecule has 2 N–H and O–H groups in total. The van der Waals surface area contributed by atoms with Crippen LogP contribution in [0.2, 0.25) is 0 Å². The number of benzene rings is 1. The number of alkyl halides is 3. The minimum absolute atomic E-state index is 0.0238. The van der Waals surface area contributed by atoms with Crippen molar-refractivity contribution in [1.29, 1.82) is 0 Å². The number of carbonyl (C=O) groups excluding carboxylic acids is 2. The highest BCUT2D eigenvalue weighted by molar-refractivity contribution is 5.95. The van der Waals surface area contributed by atoms with Gasteiger partial charge in [-0.25, -0.2) is 0 Å². The van der Waals surface area contributed by atoms with Crippen LogP contribution in [0.25, 0.3) is 0 Å². The Labute approximate surface area is 160 Å². The van der Waals surface area contributed by atoms with Gasteiger partial charge in [0.05, 0.1) is 18.4 Å². The molecule has 1 heterocycles. The first kappa shape index (κ1) is 21.3. The fraction of sp³-hybridized carbons (Fsp3) is 0.368. The Morgan fingerprint density at radius 2 is 1.93 bits per heavy atom. The third-order valence-corrected chi connectivity index (χ3v) is 3.81. The summed E-state index contributed by atoms with van der Waals surface area (Å²) in [5.74, 6) is -0.994. The van der Waals surface area contributed by atoms with Crippen LogP contribution in [0.3, 0.4) is 0 Å². The van der Waals surface area contributed by atoms with Gasteiger partial charge in [0.1, 0.15) is 18.4 Å². The second kappa shape index (κ2) is 9.29. The summed E-state index contributed by atoms with van der Waals surface area (Å²) in [7, 11) is 0. The van der Waals surface area contributed by atoms with E-state index in [-0.39, 0.29) is 30.6 Å². The zero-order valence-electron chi connectivity index (χ0n) is 15.4. The van der Waals surface area contributed by atoms with Crippen LogP contribution in [0.1, 0.15) is 30.0 Å². The van der Waals surface area contributed by atoms with Crippen molar-refractivity contribution in [2.24, 2.45) is 5.92 Å². The van der Waals surface area contributed by atoms with Crippen molar-refractivity contribution >= 4 is 11.8 Å². The summed E-state index contributed by atoms with van der Waals surface area (Å²) < 4.78 is 48.3. The van der Waals surface area contributed by atoms with E-state index in [1.807, 2.05) is 0 Å². The van der Waals surface area contributed by atoms with Crippen molar-refractivity contribution in [3.63, 3.8) is 0 Å². The van der Waals surface area contributed by atoms with E-state index < -0.39 is 29.6 Å². The maximum absolute atomic E-state index is 12.7. The standard InChI is InChI=1S/C19H21F3N2O4/c1-12(2)16(24-17(25)15-7-4-9-28-15)18(26)23-8-10-27-14-6-3-5-13(11-14)19(20,21)22/h3-7,9,11-12,16H,8,10H2,1-2H3,(H,23,26)(H,24,25). The summed E-state index contributed by atoms with van der Waals surface area (Å²) in [4.78, 5) is 24.4. The van der Waals surface area contributed by atoms with Crippen LogP contribution in [0.15, 0.2) is 47.1 Å². The number of hydrogen-bond donors (Lipinski definition) is 2. The van der Waals surface area contributed by atoms with E-state index in [4.69, 9.17) is 9.15 Å². The maximum Gasteiger partial charge on any atom is 0.416 e. The smallest absolute Gasteiger partial charge is 0.416 e. The molecule has 0 spiro atoms. The lowest BCUT2D eigenvalue weighted by molar-refractivity contribution is -0.137. The van der Waals surface area contributed by atoms with Crippen LogP contribution in [-0.2, 0) is 11.0 Å². The van der Waals surface area contributed by atoms with Crippen molar-refractivity contribution in [3.8, 4) is 5.75 Å². The first-order chi connectivity index (χ1) is 13.2. The number of furan rings is 1.